The zero-order valence-electron chi connectivity index (χ0n) is 14.6. The van der Waals surface area contributed by atoms with Crippen molar-refractivity contribution in [3.8, 4) is 0 Å². The fourth-order valence-electron chi connectivity index (χ4n) is 5.35. The van der Waals surface area contributed by atoms with Gasteiger partial charge in [0, 0.05) is 19.1 Å². The first kappa shape index (κ1) is 16.3. The summed E-state index contributed by atoms with van der Waals surface area (Å²) >= 11 is 0. The summed E-state index contributed by atoms with van der Waals surface area (Å²) in [4.78, 5) is 20.7. The lowest BCUT2D eigenvalue weighted by Crippen LogP contribution is -2.54. The topological polar surface area (TPSA) is 32.8 Å². The molecule has 3 fully saturated rings. The Hall–Kier alpha value is -0.610. The van der Waals surface area contributed by atoms with E-state index in [4.69, 9.17) is 4.84 Å². The van der Waals surface area contributed by atoms with Gasteiger partial charge in [-0.2, -0.15) is 0 Å². The number of carbonyl (C=O) groups excluding carboxylic acids is 1. The minimum absolute atomic E-state index is 0.132. The number of nitrogens with zero attached hydrogens (tertiary/aromatic N) is 2. The van der Waals surface area contributed by atoms with Crippen molar-refractivity contribution in [1.29, 1.82) is 0 Å². The third-order valence-corrected chi connectivity index (χ3v) is 6.85. The van der Waals surface area contributed by atoms with Gasteiger partial charge in [-0.05, 0) is 56.9 Å². The molecule has 0 radical (unpaired) electrons. The van der Waals surface area contributed by atoms with Crippen LogP contribution in [0.25, 0.3) is 0 Å². The molecule has 0 aromatic heterocycles. The first-order valence-electron chi connectivity index (χ1n) is 9.06. The van der Waals surface area contributed by atoms with Crippen LogP contribution in [0.3, 0.4) is 0 Å². The highest BCUT2D eigenvalue weighted by molar-refractivity contribution is 5.79. The van der Waals surface area contributed by atoms with Gasteiger partial charge < -0.3 is 0 Å². The van der Waals surface area contributed by atoms with Gasteiger partial charge in [-0.25, -0.2) is 5.06 Å². The second kappa shape index (κ2) is 6.48. The molecule has 1 amide bonds. The van der Waals surface area contributed by atoms with Gasteiger partial charge in [0.25, 0.3) is 5.91 Å². The lowest BCUT2D eigenvalue weighted by Gasteiger charge is -2.47. The van der Waals surface area contributed by atoms with Crippen LogP contribution in [0.5, 0.6) is 0 Å². The van der Waals surface area contributed by atoms with Crippen molar-refractivity contribution >= 4 is 5.91 Å². The van der Waals surface area contributed by atoms with E-state index >= 15 is 0 Å². The standard InChI is InChI=1S/C18H32N2O2/c1-12-5-7-13(8-6-12)15-11-14-9-10-16(19(14)2)17(15)18(21)20(3)22-4/h12-17H,5-11H2,1-4H3/t12?,13?,14-,15-,16?,17?/m1/s1. The molecule has 0 N–H and O–H groups in total. The summed E-state index contributed by atoms with van der Waals surface area (Å²) in [5, 5.41) is 1.47. The molecular weight excluding hydrogens is 276 g/mol. The van der Waals surface area contributed by atoms with Crippen LogP contribution >= 0.6 is 0 Å². The first-order valence-corrected chi connectivity index (χ1v) is 9.06. The highest BCUT2D eigenvalue weighted by Crippen LogP contribution is 2.48. The molecule has 4 nitrogen and oxygen atoms in total. The molecule has 126 valence electrons. The second-order valence-electron chi connectivity index (χ2n) is 7.93. The predicted molar refractivity (Wildman–Crippen MR) is 87.1 cm³/mol. The summed E-state index contributed by atoms with van der Waals surface area (Å²) in [5.74, 6) is 2.50. The molecule has 1 saturated carbocycles. The van der Waals surface area contributed by atoms with Crippen LogP contribution in [0.15, 0.2) is 0 Å². The Morgan fingerprint density at radius 2 is 1.82 bits per heavy atom. The SMILES string of the molecule is CON(C)C(=O)C1C2CC[C@H](C[C@@H]1C1CCC(C)CC1)N2C. The fourth-order valence-corrected chi connectivity index (χ4v) is 5.35. The Morgan fingerprint density at radius 3 is 2.45 bits per heavy atom. The van der Waals surface area contributed by atoms with E-state index in [0.29, 0.717) is 18.0 Å². The molecule has 2 saturated heterocycles. The third kappa shape index (κ3) is 2.80. The molecule has 0 aromatic rings. The zero-order chi connectivity index (χ0) is 15.9. The van der Waals surface area contributed by atoms with Crippen LogP contribution in [0.2, 0.25) is 0 Å². The Balaban J connectivity index is 1.81. The number of hydrogen-bond donors (Lipinski definition) is 0. The van der Waals surface area contributed by atoms with Gasteiger partial charge in [0.1, 0.15) is 0 Å². The summed E-state index contributed by atoms with van der Waals surface area (Å²) in [6.07, 6.45) is 8.96. The molecule has 3 rings (SSSR count). The molecule has 2 bridgehead atoms. The molecule has 4 atom stereocenters. The van der Waals surface area contributed by atoms with Gasteiger partial charge in [-0.15, -0.1) is 0 Å². The van der Waals surface area contributed by atoms with Gasteiger partial charge >= 0.3 is 0 Å². The number of carbonyl (C=O) groups is 1. The summed E-state index contributed by atoms with van der Waals surface area (Å²) < 4.78 is 0. The van der Waals surface area contributed by atoms with E-state index < -0.39 is 0 Å². The van der Waals surface area contributed by atoms with Crippen LogP contribution in [0, 0.1) is 23.7 Å². The predicted octanol–water partition coefficient (Wildman–Crippen LogP) is 2.93. The van der Waals surface area contributed by atoms with Crippen molar-refractivity contribution in [2.45, 2.75) is 64.0 Å². The maximum atomic E-state index is 13.0. The normalized spacial score (nSPS) is 42.4. The Labute approximate surface area is 135 Å². The smallest absolute Gasteiger partial charge is 0.250 e. The van der Waals surface area contributed by atoms with E-state index in [1.807, 2.05) is 0 Å². The Bertz CT molecular complexity index is 406. The van der Waals surface area contributed by atoms with Crippen molar-refractivity contribution in [2.75, 3.05) is 21.2 Å². The molecule has 1 aliphatic carbocycles. The highest BCUT2D eigenvalue weighted by Gasteiger charge is 2.51. The van der Waals surface area contributed by atoms with Crippen molar-refractivity contribution in [1.82, 2.24) is 9.96 Å². The number of rotatable bonds is 3. The van der Waals surface area contributed by atoms with Gasteiger partial charge in [-0.1, -0.05) is 19.8 Å². The number of amides is 1. The minimum atomic E-state index is 0.132. The molecule has 0 aromatic carbocycles. The maximum Gasteiger partial charge on any atom is 0.250 e. The number of hydrogen-bond acceptors (Lipinski definition) is 3. The van der Waals surface area contributed by atoms with E-state index in [9.17, 15) is 4.79 Å². The van der Waals surface area contributed by atoms with Crippen LogP contribution < -0.4 is 0 Å². The molecule has 3 aliphatic rings. The minimum Gasteiger partial charge on any atom is -0.300 e. The van der Waals surface area contributed by atoms with Crippen molar-refractivity contribution in [3.63, 3.8) is 0 Å². The quantitative estimate of drug-likeness (QED) is 0.752. The second-order valence-corrected chi connectivity index (χ2v) is 7.93. The third-order valence-electron chi connectivity index (χ3n) is 6.85. The summed E-state index contributed by atoms with van der Waals surface area (Å²) in [5.41, 5.74) is 0. The lowest BCUT2D eigenvalue weighted by atomic mass is 9.67. The fraction of sp³-hybridized carbons (Fsp3) is 0.944. The van der Waals surface area contributed by atoms with Gasteiger partial charge in [0.2, 0.25) is 0 Å². The Morgan fingerprint density at radius 1 is 1.14 bits per heavy atom. The molecular formula is C18H32N2O2. The number of hydroxylamine groups is 2. The summed E-state index contributed by atoms with van der Waals surface area (Å²) in [7, 11) is 5.58. The molecule has 2 unspecified atom stereocenters. The Kier molecular flexibility index (Phi) is 4.79. The van der Waals surface area contributed by atoms with Crippen LogP contribution in [-0.2, 0) is 9.63 Å². The lowest BCUT2D eigenvalue weighted by molar-refractivity contribution is -0.181. The average Bonchev–Trinajstić information content (AvgIpc) is 2.76. The molecule has 2 heterocycles. The summed E-state index contributed by atoms with van der Waals surface area (Å²) in [6, 6.07) is 1.12. The van der Waals surface area contributed by atoms with Crippen LogP contribution in [-0.4, -0.2) is 49.2 Å². The molecule has 2 aliphatic heterocycles. The van der Waals surface area contributed by atoms with Gasteiger partial charge in [0.15, 0.2) is 0 Å². The van der Waals surface area contributed by atoms with E-state index in [-0.39, 0.29) is 11.8 Å². The van der Waals surface area contributed by atoms with Crippen LogP contribution in [0.1, 0.15) is 51.9 Å². The summed E-state index contributed by atoms with van der Waals surface area (Å²) in [6.45, 7) is 2.37. The monoisotopic (exact) mass is 308 g/mol. The number of piperidine rings is 1. The first-order chi connectivity index (χ1) is 10.5. The zero-order valence-corrected chi connectivity index (χ0v) is 14.6. The van der Waals surface area contributed by atoms with Crippen LogP contribution in [0.4, 0.5) is 0 Å². The molecule has 0 spiro atoms. The maximum absolute atomic E-state index is 13.0. The van der Waals surface area contributed by atoms with Crippen molar-refractivity contribution in [3.05, 3.63) is 0 Å². The molecule has 22 heavy (non-hydrogen) atoms. The van der Waals surface area contributed by atoms with E-state index in [1.165, 1.54) is 50.0 Å². The average molecular weight is 308 g/mol. The highest BCUT2D eigenvalue weighted by atomic mass is 16.7. The van der Waals surface area contributed by atoms with Gasteiger partial charge in [0.05, 0.1) is 13.0 Å². The molecule has 4 heteroatoms. The van der Waals surface area contributed by atoms with E-state index in [1.54, 1.807) is 14.2 Å². The van der Waals surface area contributed by atoms with E-state index in [2.05, 4.69) is 18.9 Å². The van der Waals surface area contributed by atoms with E-state index in [0.717, 1.165) is 11.8 Å². The van der Waals surface area contributed by atoms with Crippen molar-refractivity contribution < 1.29 is 9.63 Å². The number of fused-ring (bicyclic) bond motifs is 2. The van der Waals surface area contributed by atoms with Gasteiger partial charge in [-0.3, -0.25) is 14.5 Å². The van der Waals surface area contributed by atoms with Crippen molar-refractivity contribution in [2.24, 2.45) is 23.7 Å². The largest absolute Gasteiger partial charge is 0.300 e.